The lowest BCUT2D eigenvalue weighted by Gasteiger charge is -2.04. The van der Waals surface area contributed by atoms with E-state index in [9.17, 15) is 4.79 Å². The summed E-state index contributed by atoms with van der Waals surface area (Å²) < 4.78 is 4.90. The number of hydrogen-bond donors (Lipinski definition) is 2. The molecule has 0 saturated carbocycles. The van der Waals surface area contributed by atoms with Crippen LogP contribution < -0.4 is 11.1 Å². The number of carbonyl (C=O) groups is 1. The third-order valence-electron chi connectivity index (χ3n) is 2.49. The van der Waals surface area contributed by atoms with Crippen molar-refractivity contribution >= 4 is 22.4 Å². The number of amides is 1. The van der Waals surface area contributed by atoms with Gasteiger partial charge in [0.25, 0.3) is 5.91 Å². The van der Waals surface area contributed by atoms with E-state index >= 15 is 0 Å². The molecule has 0 aliphatic rings. The van der Waals surface area contributed by atoms with Gasteiger partial charge in [-0.3, -0.25) is 4.79 Å². The van der Waals surface area contributed by atoms with Crippen LogP contribution in [0.15, 0.2) is 30.3 Å². The maximum atomic E-state index is 12.1. The van der Waals surface area contributed by atoms with Crippen LogP contribution in [0.4, 0.5) is 5.13 Å². The molecular formula is C13H15N3O2S. The van der Waals surface area contributed by atoms with Crippen LogP contribution in [-0.4, -0.2) is 31.2 Å². The number of nitrogens with zero attached hydrogens (tertiary/aromatic N) is 1. The molecule has 3 N–H and O–H groups in total. The van der Waals surface area contributed by atoms with E-state index in [1.165, 1.54) is 11.3 Å². The zero-order valence-corrected chi connectivity index (χ0v) is 11.4. The number of benzene rings is 1. The fourth-order valence-corrected chi connectivity index (χ4v) is 2.40. The lowest BCUT2D eigenvalue weighted by atomic mass is 10.1. The van der Waals surface area contributed by atoms with Crippen molar-refractivity contribution in [1.82, 2.24) is 10.3 Å². The topological polar surface area (TPSA) is 77.2 Å². The molecule has 0 unspecified atom stereocenters. The zero-order valence-electron chi connectivity index (χ0n) is 10.6. The highest BCUT2D eigenvalue weighted by Gasteiger charge is 2.17. The molecule has 0 atom stereocenters. The lowest BCUT2D eigenvalue weighted by Crippen LogP contribution is -2.26. The van der Waals surface area contributed by atoms with E-state index in [2.05, 4.69) is 10.3 Å². The molecule has 19 heavy (non-hydrogen) atoms. The minimum atomic E-state index is -0.176. The van der Waals surface area contributed by atoms with Crippen LogP contribution in [0.2, 0.25) is 0 Å². The van der Waals surface area contributed by atoms with Gasteiger partial charge >= 0.3 is 0 Å². The second-order valence-corrected chi connectivity index (χ2v) is 4.88. The third-order valence-corrected chi connectivity index (χ3v) is 3.37. The quantitative estimate of drug-likeness (QED) is 0.817. The summed E-state index contributed by atoms with van der Waals surface area (Å²) >= 11 is 1.19. The fourth-order valence-electron chi connectivity index (χ4n) is 1.63. The van der Waals surface area contributed by atoms with Crippen LogP contribution in [0.25, 0.3) is 11.3 Å². The van der Waals surface area contributed by atoms with Crippen LogP contribution in [0.5, 0.6) is 0 Å². The van der Waals surface area contributed by atoms with Crippen LogP contribution in [0, 0.1) is 0 Å². The molecule has 6 heteroatoms. The van der Waals surface area contributed by atoms with Crippen molar-refractivity contribution in [3.63, 3.8) is 0 Å². The summed E-state index contributed by atoms with van der Waals surface area (Å²) in [5.41, 5.74) is 7.22. The van der Waals surface area contributed by atoms with Crippen LogP contribution in [-0.2, 0) is 4.74 Å². The molecule has 0 radical (unpaired) electrons. The molecule has 0 aliphatic carbocycles. The molecule has 0 fully saturated rings. The van der Waals surface area contributed by atoms with Crippen molar-refractivity contribution in [2.24, 2.45) is 0 Å². The van der Waals surface area contributed by atoms with Gasteiger partial charge < -0.3 is 15.8 Å². The number of carbonyl (C=O) groups excluding carboxylic acids is 1. The number of aromatic nitrogens is 1. The molecule has 1 amide bonds. The number of thiazole rings is 1. The monoisotopic (exact) mass is 277 g/mol. The van der Waals surface area contributed by atoms with E-state index < -0.39 is 0 Å². The second kappa shape index (κ2) is 6.31. The fraction of sp³-hybridized carbons (Fsp3) is 0.231. The lowest BCUT2D eigenvalue weighted by molar-refractivity contribution is 0.0941. The normalized spacial score (nSPS) is 10.4. The van der Waals surface area contributed by atoms with E-state index in [1.807, 2.05) is 30.3 Å². The van der Waals surface area contributed by atoms with Gasteiger partial charge in [-0.15, -0.1) is 0 Å². The number of ether oxygens (including phenoxy) is 1. The summed E-state index contributed by atoms with van der Waals surface area (Å²) in [5, 5.41) is 3.16. The summed E-state index contributed by atoms with van der Waals surface area (Å²) in [6, 6.07) is 9.52. The van der Waals surface area contributed by atoms with E-state index in [1.54, 1.807) is 7.11 Å². The number of hydrogen-bond acceptors (Lipinski definition) is 5. The third kappa shape index (κ3) is 3.30. The molecule has 1 heterocycles. The standard InChI is InChI=1S/C13H15N3O2S/c1-18-8-7-15-12(17)11-10(16-13(14)19-11)9-5-3-2-4-6-9/h2-6H,7-8H2,1H3,(H2,14,16)(H,15,17). The van der Waals surface area contributed by atoms with Gasteiger partial charge in [0.05, 0.1) is 12.3 Å². The van der Waals surface area contributed by atoms with Crippen molar-refractivity contribution in [3.8, 4) is 11.3 Å². The summed E-state index contributed by atoms with van der Waals surface area (Å²) in [7, 11) is 1.59. The maximum absolute atomic E-state index is 12.1. The Hall–Kier alpha value is -1.92. The SMILES string of the molecule is COCCNC(=O)c1sc(N)nc1-c1ccccc1. The van der Waals surface area contributed by atoms with Gasteiger partial charge in [-0.2, -0.15) is 0 Å². The summed E-state index contributed by atoms with van der Waals surface area (Å²) in [4.78, 5) is 16.8. The number of methoxy groups -OCH3 is 1. The molecule has 1 aromatic carbocycles. The maximum Gasteiger partial charge on any atom is 0.263 e. The Bertz CT molecular complexity index is 554. The predicted molar refractivity (Wildman–Crippen MR) is 76.2 cm³/mol. The highest BCUT2D eigenvalue weighted by Crippen LogP contribution is 2.29. The molecule has 100 valence electrons. The number of nitrogen functional groups attached to an aromatic ring is 1. The zero-order chi connectivity index (χ0) is 13.7. The van der Waals surface area contributed by atoms with E-state index in [0.717, 1.165) is 5.56 Å². The molecule has 2 aromatic rings. The summed E-state index contributed by atoms with van der Waals surface area (Å²) in [6.07, 6.45) is 0. The van der Waals surface area contributed by atoms with Crippen molar-refractivity contribution in [1.29, 1.82) is 0 Å². The molecular weight excluding hydrogens is 262 g/mol. The Morgan fingerprint density at radius 2 is 2.16 bits per heavy atom. The first-order valence-corrected chi connectivity index (χ1v) is 6.63. The minimum absolute atomic E-state index is 0.176. The first kappa shape index (κ1) is 13.5. The molecule has 0 saturated heterocycles. The number of nitrogens with two attached hydrogens (primary N) is 1. The molecule has 5 nitrogen and oxygen atoms in total. The van der Waals surface area contributed by atoms with E-state index in [0.29, 0.717) is 28.9 Å². The Labute approximate surface area is 115 Å². The molecule has 1 aromatic heterocycles. The minimum Gasteiger partial charge on any atom is -0.383 e. The average molecular weight is 277 g/mol. The van der Waals surface area contributed by atoms with Gasteiger partial charge in [0, 0.05) is 19.2 Å². The number of rotatable bonds is 5. The highest BCUT2D eigenvalue weighted by molar-refractivity contribution is 7.17. The van der Waals surface area contributed by atoms with E-state index in [4.69, 9.17) is 10.5 Å². The Kier molecular flexibility index (Phi) is 4.48. The summed E-state index contributed by atoms with van der Waals surface area (Å²) in [5.74, 6) is -0.176. The van der Waals surface area contributed by atoms with E-state index in [-0.39, 0.29) is 5.91 Å². The van der Waals surface area contributed by atoms with Crippen molar-refractivity contribution in [3.05, 3.63) is 35.2 Å². The van der Waals surface area contributed by atoms with Crippen LogP contribution in [0.1, 0.15) is 9.67 Å². The average Bonchev–Trinajstić information content (AvgIpc) is 2.82. The number of anilines is 1. The first-order chi connectivity index (χ1) is 9.22. The molecule has 0 spiro atoms. The predicted octanol–water partition coefficient (Wildman–Crippen LogP) is 1.77. The molecule has 0 aliphatic heterocycles. The first-order valence-electron chi connectivity index (χ1n) is 5.81. The smallest absolute Gasteiger partial charge is 0.263 e. The summed E-state index contributed by atoms with van der Waals surface area (Å²) in [6.45, 7) is 0.933. The Morgan fingerprint density at radius 1 is 1.42 bits per heavy atom. The van der Waals surface area contributed by atoms with Gasteiger partial charge in [-0.1, -0.05) is 41.7 Å². The van der Waals surface area contributed by atoms with Gasteiger partial charge in [0.15, 0.2) is 5.13 Å². The van der Waals surface area contributed by atoms with Crippen molar-refractivity contribution in [2.45, 2.75) is 0 Å². The van der Waals surface area contributed by atoms with Crippen LogP contribution in [0.3, 0.4) is 0 Å². The largest absolute Gasteiger partial charge is 0.383 e. The van der Waals surface area contributed by atoms with Gasteiger partial charge in [-0.05, 0) is 0 Å². The van der Waals surface area contributed by atoms with Gasteiger partial charge in [0.2, 0.25) is 0 Å². The Morgan fingerprint density at radius 3 is 2.84 bits per heavy atom. The van der Waals surface area contributed by atoms with Gasteiger partial charge in [0.1, 0.15) is 4.88 Å². The number of nitrogens with one attached hydrogen (secondary N) is 1. The molecule has 0 bridgehead atoms. The second-order valence-electron chi connectivity index (χ2n) is 3.84. The van der Waals surface area contributed by atoms with Crippen molar-refractivity contribution in [2.75, 3.05) is 26.0 Å². The highest BCUT2D eigenvalue weighted by atomic mass is 32.1. The van der Waals surface area contributed by atoms with Gasteiger partial charge in [-0.25, -0.2) is 4.98 Å². The molecule has 2 rings (SSSR count). The Balaban J connectivity index is 2.24. The van der Waals surface area contributed by atoms with Crippen LogP contribution >= 0.6 is 11.3 Å². The van der Waals surface area contributed by atoms with Crippen molar-refractivity contribution < 1.29 is 9.53 Å².